The Hall–Kier alpha value is 1.60. The van der Waals surface area contributed by atoms with Gasteiger partial charge in [0.25, 0.3) is 0 Å². The van der Waals surface area contributed by atoms with Crippen LogP contribution in [0.3, 0.4) is 0 Å². The largest absolute Gasteiger partial charge is 2.00 e. The summed E-state index contributed by atoms with van der Waals surface area (Å²) >= 11 is 0. The van der Waals surface area contributed by atoms with Crippen LogP contribution in [-0.4, -0.2) is 369 Å². The number of aliphatic hydroxyl groups excluding tert-OH is 10. The topological polar surface area (TPSA) is 523 Å². The number of unbranched alkanes of at least 4 members (excludes halogenated alkanes) is 60. The summed E-state index contributed by atoms with van der Waals surface area (Å²) in [7, 11) is 5.00. The van der Waals surface area contributed by atoms with E-state index in [4.69, 9.17) is 99.0 Å². The molecule has 15 N–H and O–H groups in total. The summed E-state index contributed by atoms with van der Waals surface area (Å²) in [5, 5.41) is 68.8. The first-order valence-corrected chi connectivity index (χ1v) is 52.4. The average Bonchev–Trinajstić information content (AvgIpc) is 1.09. The van der Waals surface area contributed by atoms with Gasteiger partial charge in [-0.15, -0.1) is 0 Å². The van der Waals surface area contributed by atoms with Gasteiger partial charge in [-0.25, -0.2) is 0 Å². The quantitative estimate of drug-likeness (QED) is 0.0154. The minimum absolute atomic E-state index is 0. The van der Waals surface area contributed by atoms with Crippen molar-refractivity contribution in [2.24, 2.45) is 29.6 Å². The van der Waals surface area contributed by atoms with E-state index in [1.165, 1.54) is 482 Å². The monoisotopic (exact) mass is 2160 g/mol. The van der Waals surface area contributed by atoms with E-state index in [1.807, 2.05) is 33.9 Å². The Labute approximate surface area is 1020 Å². The fourth-order valence-corrected chi connectivity index (χ4v) is 13.6. The summed E-state index contributed by atoms with van der Waals surface area (Å²) in [5.41, 5.74) is 0. The zero-order valence-electron chi connectivity index (χ0n) is 96.3. The Balaban J connectivity index is -0.0000000349. The van der Waals surface area contributed by atoms with Crippen LogP contribution in [0.15, 0.2) is 0 Å². The van der Waals surface area contributed by atoms with Gasteiger partial charge in [0.2, 0.25) is 0 Å². The molecule has 0 aliphatic heterocycles. The summed E-state index contributed by atoms with van der Waals surface area (Å²) in [6.45, 7) is 47.5. The van der Waals surface area contributed by atoms with Crippen LogP contribution in [0.4, 0.5) is 0 Å². The molecule has 140 heavy (non-hydrogen) atoms. The smallest absolute Gasteiger partial charge is 0.870 e. The second-order valence-corrected chi connectivity index (χ2v) is 33.2. The third-order valence-electron chi connectivity index (χ3n) is 22.5. The molecule has 30 heteroatoms. The Morgan fingerprint density at radius 3 is 0.250 bits per heavy atom. The van der Waals surface area contributed by atoms with Crippen molar-refractivity contribution in [1.29, 1.82) is 0 Å². The van der Waals surface area contributed by atoms with Crippen LogP contribution >= 0.6 is 0 Å². The minimum atomic E-state index is 0. The molecule has 0 rings (SSSR count). The number of rotatable bonds is 75. The Bertz CT molecular complexity index is 1350. The SMILES string of the molecule is C=O.C=O.C=O.C=O.C=O.CCCCCCCCCCCCCCCC(C)CC.CCCCCCCCCCCCCCCC(C)CC.CCCCCCCCCCCCCCCC(C)CC.CCCCCCCCCCCCCCCC(C)CC.CCCCCCCCCCCCCCCC(C)CC.CO.CO.CO.CO.CO.O=[C-]O.O=[C-]O.O=[C-]O.O=[C-]O.O=[C-]O.[Ca+2].[Ca+2].[Ca+2].[Ca+2].[Ca+2].[OH-].[OH-].[OH-].[OH-].[OH-]. The van der Waals surface area contributed by atoms with Crippen molar-refractivity contribution in [2.45, 2.75) is 585 Å². The third kappa shape index (κ3) is 358. The van der Waals surface area contributed by atoms with Crippen molar-refractivity contribution in [3.05, 3.63) is 0 Å². The van der Waals surface area contributed by atoms with Gasteiger partial charge in [0.15, 0.2) is 0 Å². The van der Waals surface area contributed by atoms with E-state index >= 15 is 0 Å². The maximum absolute atomic E-state index is 8.24. The first-order valence-electron chi connectivity index (χ1n) is 52.4. The average molecular weight is 2160 g/mol. The van der Waals surface area contributed by atoms with Gasteiger partial charge in [-0.05, 0) is 29.6 Å². The van der Waals surface area contributed by atoms with Gasteiger partial charge < -0.3 is 126 Å². The van der Waals surface area contributed by atoms with Crippen molar-refractivity contribution in [3.8, 4) is 0 Å². The van der Waals surface area contributed by atoms with Crippen LogP contribution in [0.5, 0.6) is 0 Å². The molecule has 0 fully saturated rings. The summed E-state index contributed by atoms with van der Waals surface area (Å²) in [5.74, 6) is 4.76. The molecule has 0 aliphatic rings. The maximum Gasteiger partial charge on any atom is 2.00 e. The predicted molar refractivity (Wildman–Crippen MR) is 605 cm³/mol. The van der Waals surface area contributed by atoms with E-state index < -0.39 is 0 Å². The molecule has 0 spiro atoms. The normalized spacial score (nSPS) is 9.46. The second kappa shape index (κ2) is 294. The standard InChI is InChI=1S/5C19H40.5CHO2.5CH4O.5CH2O.5Ca.5H2O/c5*1-4-6-7-8-9-10-11-12-13-14-15-16-17-18-19(3)5-2;5*2-1-3;10*1-2;;;;;;;;;;/h5*19H,4-18H2,1-3H3;5*(H,2,3);5*2H,1H3;5*1H2;;;;;;5*1H2/q;;;;;5*-1;;;;;;;;;;;5*+2;;;;;/p-5. The summed E-state index contributed by atoms with van der Waals surface area (Å²) in [4.78, 5) is 81.2. The summed E-state index contributed by atoms with van der Waals surface area (Å²) < 4.78 is 0. The maximum atomic E-state index is 8.24. The van der Waals surface area contributed by atoms with Gasteiger partial charge in [-0.2, -0.15) is 0 Å². The Morgan fingerprint density at radius 1 is 0.150 bits per heavy atom. The van der Waals surface area contributed by atoms with Gasteiger partial charge in [0, 0.05) is 35.5 Å². The van der Waals surface area contributed by atoms with E-state index in [0.29, 0.717) is 32.4 Å². The second-order valence-electron chi connectivity index (χ2n) is 33.2. The minimum Gasteiger partial charge on any atom is -0.870 e. The number of hydrogen-bond donors (Lipinski definition) is 10. The number of hydrogen-bond acceptors (Lipinski definition) is 20. The van der Waals surface area contributed by atoms with Gasteiger partial charge in [-0.3, -0.25) is 0 Å². The predicted octanol–water partition coefficient (Wildman–Crippen LogP) is 30.0. The number of carbonyl (C=O) groups excluding carboxylic acids is 5. The van der Waals surface area contributed by atoms with Crippen molar-refractivity contribution in [3.63, 3.8) is 0 Å². The van der Waals surface area contributed by atoms with Crippen molar-refractivity contribution in [2.75, 3.05) is 35.5 Å². The molecule has 5 atom stereocenters. The molecule has 0 heterocycles. The fraction of sp³-hybridized carbons (Fsp3) is 0.909. The van der Waals surface area contributed by atoms with E-state index in [-0.39, 0.29) is 216 Å². The third-order valence-corrected chi connectivity index (χ3v) is 22.5. The molecule has 0 aromatic carbocycles. The van der Waals surface area contributed by atoms with Crippen LogP contribution in [0, 0.1) is 29.6 Å². The Kier molecular flexibility index (Phi) is 471. The van der Waals surface area contributed by atoms with E-state index in [2.05, 4.69) is 104 Å². The van der Waals surface area contributed by atoms with Crippen molar-refractivity contribution in [1.82, 2.24) is 0 Å². The molecule has 0 aromatic rings. The van der Waals surface area contributed by atoms with E-state index in [0.717, 1.165) is 65.1 Å². The van der Waals surface area contributed by atoms with E-state index in [9.17, 15) is 0 Å². The summed E-state index contributed by atoms with van der Waals surface area (Å²) in [6, 6.07) is 0. The molecule has 0 aromatic heterocycles. The van der Waals surface area contributed by atoms with E-state index in [1.54, 1.807) is 0 Å². The molecule has 0 bridgehead atoms. The first kappa shape index (κ1) is 225. The van der Waals surface area contributed by atoms with Gasteiger partial charge in [-0.1, -0.05) is 618 Å². The van der Waals surface area contributed by atoms with Crippen LogP contribution in [0.25, 0.3) is 0 Å². The molecule has 0 amide bonds. The molecule has 0 aliphatic carbocycles. The number of aliphatic hydroxyl groups is 5. The molecule has 0 saturated heterocycles. The molecular formula is C110H240Ca5O25. The molecule has 840 valence electrons. The zero-order chi connectivity index (χ0) is 104. The van der Waals surface area contributed by atoms with Crippen molar-refractivity contribution >= 4 is 255 Å². The fourth-order valence-electron chi connectivity index (χ4n) is 13.6. The van der Waals surface area contributed by atoms with Crippen LogP contribution in [-0.2, 0) is 47.9 Å². The zero-order valence-corrected chi connectivity index (χ0v) is 107. The molecule has 0 saturated carbocycles. The van der Waals surface area contributed by atoms with Crippen LogP contribution in [0.1, 0.15) is 585 Å². The Morgan fingerprint density at radius 2 is 0.200 bits per heavy atom. The molecular weight excluding hydrogens is 1920 g/mol. The number of carbonyl (C=O) groups is 5. The first-order chi connectivity index (χ1) is 63.6. The van der Waals surface area contributed by atoms with Gasteiger partial charge in [0.05, 0.1) is 0 Å². The molecule has 5 unspecified atom stereocenters. The van der Waals surface area contributed by atoms with Crippen molar-refractivity contribution < 1.29 is 126 Å². The molecule has 25 nitrogen and oxygen atoms in total. The van der Waals surface area contributed by atoms with Gasteiger partial charge >= 0.3 is 189 Å². The van der Waals surface area contributed by atoms with Crippen LogP contribution < -0.4 is 0 Å². The van der Waals surface area contributed by atoms with Crippen LogP contribution in [0.2, 0.25) is 0 Å². The molecule has 0 radical (unpaired) electrons. The van der Waals surface area contributed by atoms with Gasteiger partial charge in [0.1, 0.15) is 33.9 Å². The summed E-state index contributed by atoms with van der Waals surface area (Å²) in [6.07, 6.45) is 109.